The zero-order chi connectivity index (χ0) is 14.9. The van der Waals surface area contributed by atoms with Crippen molar-refractivity contribution < 1.29 is 17.2 Å². The van der Waals surface area contributed by atoms with Crippen LogP contribution in [0, 0.1) is 11.6 Å². The smallest absolute Gasteiger partial charge is 0.169 e. The summed E-state index contributed by atoms with van der Waals surface area (Å²) in [6.45, 7) is 0.309. The average Bonchev–Trinajstić information content (AvgIpc) is 2.37. The van der Waals surface area contributed by atoms with Crippen LogP contribution in [0.2, 0.25) is 0 Å². The molecule has 2 rings (SSSR count). The maximum Gasteiger partial charge on any atom is 0.169 e. The number of rotatable bonds is 3. The van der Waals surface area contributed by atoms with Crippen LogP contribution in [0.4, 0.5) is 14.5 Å². The Morgan fingerprint density at radius 2 is 2.00 bits per heavy atom. The summed E-state index contributed by atoms with van der Waals surface area (Å²) in [5.41, 5.74) is 0.233. The summed E-state index contributed by atoms with van der Waals surface area (Å²) in [6, 6.07) is 2.46. The molecule has 1 fully saturated rings. The van der Waals surface area contributed by atoms with Crippen LogP contribution in [0.3, 0.4) is 0 Å². The van der Waals surface area contributed by atoms with Crippen LogP contribution >= 0.6 is 27.7 Å². The van der Waals surface area contributed by atoms with Gasteiger partial charge in [-0.2, -0.15) is 11.8 Å². The summed E-state index contributed by atoms with van der Waals surface area (Å²) in [4.78, 5) is 1.33. The van der Waals surface area contributed by atoms with E-state index in [0.717, 1.165) is 6.26 Å². The summed E-state index contributed by atoms with van der Waals surface area (Å²) >= 11 is 4.62. The number of halogens is 3. The Hall–Kier alpha value is -0.340. The molecule has 8 heteroatoms. The number of anilines is 1. The van der Waals surface area contributed by atoms with Crippen molar-refractivity contribution in [2.45, 2.75) is 10.7 Å². The van der Waals surface area contributed by atoms with Gasteiger partial charge < -0.3 is 4.90 Å². The quantitative estimate of drug-likeness (QED) is 0.749. The van der Waals surface area contributed by atoms with Crippen LogP contribution in [0.5, 0.6) is 0 Å². The highest BCUT2D eigenvalue weighted by atomic mass is 79.9. The highest BCUT2D eigenvalue weighted by Crippen LogP contribution is 2.32. The molecule has 0 radical (unpaired) electrons. The van der Waals surface area contributed by atoms with E-state index >= 15 is 0 Å². The van der Waals surface area contributed by atoms with E-state index in [-0.39, 0.29) is 5.69 Å². The van der Waals surface area contributed by atoms with Gasteiger partial charge in [0, 0.05) is 29.6 Å². The van der Waals surface area contributed by atoms with Gasteiger partial charge in [0.1, 0.15) is 22.7 Å². The summed E-state index contributed by atoms with van der Waals surface area (Å²) in [6.07, 6.45) is 1.10. The zero-order valence-electron chi connectivity index (χ0n) is 10.8. The van der Waals surface area contributed by atoms with Gasteiger partial charge in [-0.1, -0.05) is 15.9 Å². The van der Waals surface area contributed by atoms with Gasteiger partial charge in [0.25, 0.3) is 0 Å². The van der Waals surface area contributed by atoms with Gasteiger partial charge in [0.2, 0.25) is 0 Å². The molecule has 0 aliphatic carbocycles. The van der Waals surface area contributed by atoms with Gasteiger partial charge in [0.15, 0.2) is 9.84 Å². The lowest BCUT2D eigenvalue weighted by molar-refractivity contribution is 0.557. The normalized spacial score (nSPS) is 20.2. The highest BCUT2D eigenvalue weighted by molar-refractivity contribution is 9.08. The van der Waals surface area contributed by atoms with Gasteiger partial charge in [-0.25, -0.2) is 17.2 Å². The third kappa shape index (κ3) is 3.28. The van der Waals surface area contributed by atoms with E-state index in [1.165, 1.54) is 28.8 Å². The summed E-state index contributed by atoms with van der Waals surface area (Å²) in [5.74, 6) is -0.483. The fourth-order valence-corrected chi connectivity index (χ4v) is 5.31. The maximum atomic E-state index is 14.1. The molecule has 0 aromatic heterocycles. The molecule has 0 bridgehead atoms. The van der Waals surface area contributed by atoms with Crippen LogP contribution < -0.4 is 4.90 Å². The van der Waals surface area contributed by atoms with E-state index in [2.05, 4.69) is 15.9 Å². The minimum absolute atomic E-state index is 0.245. The van der Waals surface area contributed by atoms with Gasteiger partial charge in [-0.15, -0.1) is 0 Å². The molecule has 1 aliphatic heterocycles. The van der Waals surface area contributed by atoms with Crippen LogP contribution in [0.25, 0.3) is 0 Å². The van der Waals surface area contributed by atoms with E-state index in [4.69, 9.17) is 0 Å². The fraction of sp³-hybridized carbons (Fsp3) is 0.500. The monoisotopic (exact) mass is 385 g/mol. The van der Waals surface area contributed by atoms with Crippen LogP contribution in [-0.4, -0.2) is 38.1 Å². The van der Waals surface area contributed by atoms with Crippen molar-refractivity contribution in [3.05, 3.63) is 29.3 Å². The Balaban J connectivity index is 2.48. The Morgan fingerprint density at radius 1 is 1.40 bits per heavy atom. The molecule has 1 heterocycles. The molecule has 3 nitrogen and oxygen atoms in total. The van der Waals surface area contributed by atoms with E-state index in [1.54, 1.807) is 0 Å². The molecule has 20 heavy (non-hydrogen) atoms. The van der Waals surface area contributed by atoms with Gasteiger partial charge in [-0.05, 0) is 17.7 Å². The summed E-state index contributed by atoms with van der Waals surface area (Å²) in [7, 11) is -3.41. The number of nitrogens with zero attached hydrogens (tertiary/aromatic N) is 1. The molecule has 1 atom stereocenters. The third-order valence-electron chi connectivity index (χ3n) is 3.10. The number of alkyl halides is 1. The summed E-state index contributed by atoms with van der Waals surface area (Å²) in [5, 5.41) is -0.549. The first-order valence-electron chi connectivity index (χ1n) is 5.91. The molecule has 0 N–H and O–H groups in total. The van der Waals surface area contributed by atoms with E-state index in [0.29, 0.717) is 28.9 Å². The first-order chi connectivity index (χ1) is 9.34. The fourth-order valence-electron chi connectivity index (χ4n) is 2.16. The number of sulfone groups is 1. The molecule has 1 aromatic carbocycles. The molecule has 0 spiro atoms. The average molecular weight is 386 g/mol. The molecule has 112 valence electrons. The largest absolute Gasteiger partial charge is 0.349 e. The van der Waals surface area contributed by atoms with Crippen molar-refractivity contribution in [1.29, 1.82) is 0 Å². The van der Waals surface area contributed by atoms with Crippen molar-refractivity contribution in [3.63, 3.8) is 0 Å². The van der Waals surface area contributed by atoms with Gasteiger partial charge in [0.05, 0.1) is 0 Å². The Labute approximate surface area is 129 Å². The lowest BCUT2D eigenvalue weighted by Gasteiger charge is -2.36. The molecule has 1 aromatic rings. The third-order valence-corrected chi connectivity index (χ3v) is 6.39. The van der Waals surface area contributed by atoms with E-state index < -0.39 is 26.8 Å². The minimum atomic E-state index is -3.41. The molecular formula is C12H14BrF2NO2S2. The second-order valence-corrected chi connectivity index (χ2v) is 8.51. The Morgan fingerprint density at radius 3 is 2.50 bits per heavy atom. The van der Waals surface area contributed by atoms with Crippen molar-refractivity contribution in [2.75, 3.05) is 29.2 Å². The van der Waals surface area contributed by atoms with Crippen LogP contribution in [-0.2, 0) is 15.2 Å². The van der Waals surface area contributed by atoms with Crippen molar-refractivity contribution in [1.82, 2.24) is 0 Å². The van der Waals surface area contributed by atoms with E-state index in [1.807, 2.05) is 0 Å². The lowest BCUT2D eigenvalue weighted by Crippen LogP contribution is -2.47. The predicted molar refractivity (Wildman–Crippen MR) is 82.3 cm³/mol. The number of hydrogen-bond donors (Lipinski definition) is 0. The van der Waals surface area contributed by atoms with Crippen molar-refractivity contribution >= 4 is 43.2 Å². The summed E-state index contributed by atoms with van der Waals surface area (Å²) < 4.78 is 51.9. The second-order valence-electron chi connectivity index (χ2n) is 4.59. The topological polar surface area (TPSA) is 37.4 Å². The first-order valence-corrected chi connectivity index (χ1v) is 10.1. The Kier molecular flexibility index (Phi) is 4.96. The lowest BCUT2D eigenvalue weighted by atomic mass is 10.2. The molecule has 1 saturated heterocycles. The standard InChI is InChI=1S/C12H14BrF2NO2S2/c1-20(17,18)11-7-19-3-2-16(11)12-9(14)4-8(6-13)5-10(12)15/h4-5,11H,2-3,6-7H2,1H3. The van der Waals surface area contributed by atoms with Gasteiger partial charge >= 0.3 is 0 Å². The number of hydrogen-bond acceptors (Lipinski definition) is 4. The second kappa shape index (κ2) is 6.19. The predicted octanol–water partition coefficient (Wildman–Crippen LogP) is 2.78. The molecule has 1 aliphatic rings. The van der Waals surface area contributed by atoms with Gasteiger partial charge in [-0.3, -0.25) is 0 Å². The Bertz CT molecular complexity index is 586. The highest BCUT2D eigenvalue weighted by Gasteiger charge is 2.34. The van der Waals surface area contributed by atoms with Crippen LogP contribution in [0.1, 0.15) is 5.56 Å². The molecule has 1 unspecified atom stereocenters. The maximum absolute atomic E-state index is 14.1. The minimum Gasteiger partial charge on any atom is -0.349 e. The first kappa shape index (κ1) is 16.0. The SMILES string of the molecule is CS(=O)(=O)C1CSCCN1c1c(F)cc(CBr)cc1F. The zero-order valence-corrected chi connectivity index (χ0v) is 14.0. The molecule has 0 amide bonds. The molecule has 0 saturated carbocycles. The number of thioether (sulfide) groups is 1. The van der Waals surface area contributed by atoms with Crippen molar-refractivity contribution in [3.8, 4) is 0 Å². The van der Waals surface area contributed by atoms with Crippen molar-refractivity contribution in [2.24, 2.45) is 0 Å². The molecular weight excluding hydrogens is 372 g/mol. The van der Waals surface area contributed by atoms with E-state index in [9.17, 15) is 17.2 Å². The van der Waals surface area contributed by atoms with Crippen LogP contribution in [0.15, 0.2) is 12.1 Å². The number of benzene rings is 1.